The zero-order valence-electron chi connectivity index (χ0n) is 9.67. The Morgan fingerprint density at radius 3 is 2.17 bits per heavy atom. The molecule has 1 aromatic rings. The summed E-state index contributed by atoms with van der Waals surface area (Å²) in [5, 5.41) is 0. The van der Waals surface area contributed by atoms with E-state index >= 15 is 0 Å². The standard InChI is InChI=1S/C9H8ClNO3.C3H6O/c10-7(8(11)12)14-9(13)6-4-2-1-3-5-6;1-2-4-3-1/h1-5,7H,(H2,11,12);1-3H2. The summed E-state index contributed by atoms with van der Waals surface area (Å²) in [6.45, 7) is 2.00. The molecule has 2 N–H and O–H groups in total. The fourth-order valence-electron chi connectivity index (χ4n) is 0.939. The first-order chi connectivity index (χ1) is 8.61. The summed E-state index contributed by atoms with van der Waals surface area (Å²) in [4.78, 5) is 21.7. The van der Waals surface area contributed by atoms with Gasteiger partial charge in [0.15, 0.2) is 0 Å². The second-order valence-electron chi connectivity index (χ2n) is 3.46. The van der Waals surface area contributed by atoms with Crippen molar-refractivity contribution in [1.82, 2.24) is 0 Å². The van der Waals surface area contributed by atoms with Crippen molar-refractivity contribution >= 4 is 23.5 Å². The van der Waals surface area contributed by atoms with E-state index in [1.807, 2.05) is 0 Å². The second-order valence-corrected chi connectivity index (χ2v) is 3.85. The van der Waals surface area contributed by atoms with Gasteiger partial charge in [-0.15, -0.1) is 0 Å². The monoisotopic (exact) mass is 271 g/mol. The summed E-state index contributed by atoms with van der Waals surface area (Å²) < 4.78 is 9.27. The number of hydrogen-bond donors (Lipinski definition) is 1. The van der Waals surface area contributed by atoms with Gasteiger partial charge in [0.1, 0.15) is 0 Å². The van der Waals surface area contributed by atoms with E-state index in [0.29, 0.717) is 5.56 Å². The van der Waals surface area contributed by atoms with E-state index in [4.69, 9.17) is 22.1 Å². The van der Waals surface area contributed by atoms with E-state index in [1.54, 1.807) is 30.3 Å². The van der Waals surface area contributed by atoms with Gasteiger partial charge in [0.05, 0.1) is 5.56 Å². The third-order valence-corrected chi connectivity index (χ3v) is 2.33. The maximum atomic E-state index is 11.2. The molecule has 1 unspecified atom stereocenters. The lowest BCUT2D eigenvalue weighted by atomic mass is 10.2. The van der Waals surface area contributed by atoms with E-state index in [0.717, 1.165) is 13.2 Å². The molecule has 1 saturated heterocycles. The first kappa shape index (κ1) is 14.5. The maximum Gasteiger partial charge on any atom is 0.340 e. The Kier molecular flexibility index (Phi) is 6.18. The molecule has 2 rings (SSSR count). The van der Waals surface area contributed by atoms with Crippen molar-refractivity contribution in [2.45, 2.75) is 12.0 Å². The van der Waals surface area contributed by atoms with Crippen LogP contribution in [0.1, 0.15) is 16.8 Å². The maximum absolute atomic E-state index is 11.2. The van der Waals surface area contributed by atoms with Crippen LogP contribution in [0.15, 0.2) is 30.3 Å². The number of primary amides is 1. The predicted molar refractivity (Wildman–Crippen MR) is 66.1 cm³/mol. The van der Waals surface area contributed by atoms with Crippen molar-refractivity contribution < 1.29 is 19.1 Å². The lowest BCUT2D eigenvalue weighted by Crippen LogP contribution is -2.28. The number of halogens is 1. The molecule has 1 aliphatic rings. The normalized spacial score (nSPS) is 14.5. The highest BCUT2D eigenvalue weighted by atomic mass is 35.5. The van der Waals surface area contributed by atoms with Gasteiger partial charge in [0, 0.05) is 13.2 Å². The van der Waals surface area contributed by atoms with Gasteiger partial charge in [-0.2, -0.15) is 0 Å². The molecule has 1 atom stereocenters. The third-order valence-electron chi connectivity index (χ3n) is 2.02. The van der Waals surface area contributed by atoms with E-state index in [-0.39, 0.29) is 0 Å². The molecule has 1 heterocycles. The fraction of sp³-hybridized carbons (Fsp3) is 0.333. The van der Waals surface area contributed by atoms with Crippen LogP contribution in [-0.4, -0.2) is 30.7 Å². The molecular formula is C12H14ClNO4. The number of rotatable bonds is 3. The molecule has 0 aromatic heterocycles. The first-order valence-electron chi connectivity index (χ1n) is 5.38. The van der Waals surface area contributed by atoms with Crippen LogP contribution in [0, 0.1) is 0 Å². The number of esters is 1. The summed E-state index contributed by atoms with van der Waals surface area (Å²) in [6.07, 6.45) is 1.28. The van der Waals surface area contributed by atoms with Gasteiger partial charge in [-0.3, -0.25) is 4.79 Å². The summed E-state index contributed by atoms with van der Waals surface area (Å²) in [5.74, 6) is -1.57. The van der Waals surface area contributed by atoms with E-state index in [2.05, 4.69) is 4.74 Å². The number of amides is 1. The SMILES string of the molecule is C1COC1.NC(=O)C(Cl)OC(=O)c1ccccc1. The Hall–Kier alpha value is -1.59. The number of ether oxygens (including phenoxy) is 2. The van der Waals surface area contributed by atoms with Crippen LogP contribution in [-0.2, 0) is 14.3 Å². The number of alkyl halides is 1. The van der Waals surface area contributed by atoms with Crippen LogP contribution in [0.4, 0.5) is 0 Å². The molecule has 1 fully saturated rings. The molecule has 5 nitrogen and oxygen atoms in total. The summed E-state index contributed by atoms with van der Waals surface area (Å²) in [7, 11) is 0. The van der Waals surface area contributed by atoms with Gasteiger partial charge in [-0.1, -0.05) is 29.8 Å². The molecule has 98 valence electrons. The van der Waals surface area contributed by atoms with Crippen molar-refractivity contribution in [3.05, 3.63) is 35.9 Å². The first-order valence-corrected chi connectivity index (χ1v) is 5.82. The van der Waals surface area contributed by atoms with Gasteiger partial charge in [0.2, 0.25) is 0 Å². The van der Waals surface area contributed by atoms with Crippen molar-refractivity contribution in [2.24, 2.45) is 5.73 Å². The second kappa shape index (κ2) is 7.68. The largest absolute Gasteiger partial charge is 0.432 e. The average Bonchev–Trinajstić information content (AvgIpc) is 2.27. The van der Waals surface area contributed by atoms with E-state index < -0.39 is 17.4 Å². The van der Waals surface area contributed by atoms with Gasteiger partial charge >= 0.3 is 5.97 Å². The topological polar surface area (TPSA) is 78.6 Å². The third kappa shape index (κ3) is 5.16. The molecule has 0 radical (unpaired) electrons. The van der Waals surface area contributed by atoms with Gasteiger partial charge in [-0.05, 0) is 18.6 Å². The van der Waals surface area contributed by atoms with Gasteiger partial charge in [-0.25, -0.2) is 4.79 Å². The minimum Gasteiger partial charge on any atom is -0.432 e. The van der Waals surface area contributed by atoms with Crippen molar-refractivity contribution in [2.75, 3.05) is 13.2 Å². The summed E-state index contributed by atoms with van der Waals surface area (Å²) in [6, 6.07) is 8.19. The van der Waals surface area contributed by atoms with Crippen LogP contribution in [0.5, 0.6) is 0 Å². The Bertz CT molecular complexity index is 388. The molecule has 0 bridgehead atoms. The molecule has 1 amide bonds. The number of hydrogen-bond acceptors (Lipinski definition) is 4. The lowest BCUT2D eigenvalue weighted by Gasteiger charge is -2.09. The summed E-state index contributed by atoms with van der Waals surface area (Å²) >= 11 is 5.34. The molecule has 1 aliphatic heterocycles. The highest BCUT2D eigenvalue weighted by Crippen LogP contribution is 2.05. The fourth-order valence-corrected chi connectivity index (χ4v) is 1.02. The molecule has 0 spiro atoms. The Balaban J connectivity index is 0.000000341. The highest BCUT2D eigenvalue weighted by Gasteiger charge is 2.17. The molecular weight excluding hydrogens is 258 g/mol. The molecule has 6 heteroatoms. The number of carbonyl (C=O) groups is 2. The van der Waals surface area contributed by atoms with Gasteiger partial charge < -0.3 is 15.2 Å². The van der Waals surface area contributed by atoms with Crippen molar-refractivity contribution in [3.8, 4) is 0 Å². The lowest BCUT2D eigenvalue weighted by molar-refractivity contribution is -0.122. The number of benzene rings is 1. The van der Waals surface area contributed by atoms with E-state index in [1.165, 1.54) is 6.42 Å². The smallest absolute Gasteiger partial charge is 0.340 e. The van der Waals surface area contributed by atoms with Crippen molar-refractivity contribution in [1.29, 1.82) is 0 Å². The molecule has 0 aliphatic carbocycles. The zero-order valence-corrected chi connectivity index (χ0v) is 10.4. The Morgan fingerprint density at radius 1 is 1.28 bits per heavy atom. The quantitative estimate of drug-likeness (QED) is 0.664. The van der Waals surface area contributed by atoms with E-state index in [9.17, 15) is 9.59 Å². The predicted octanol–water partition coefficient (Wildman–Crippen LogP) is 1.30. The molecule has 0 saturated carbocycles. The average molecular weight is 272 g/mol. The minimum absolute atomic E-state index is 0.319. The van der Waals surface area contributed by atoms with Gasteiger partial charge in [0.25, 0.3) is 11.5 Å². The van der Waals surface area contributed by atoms with Crippen LogP contribution in [0.25, 0.3) is 0 Å². The number of nitrogens with two attached hydrogens (primary N) is 1. The molecule has 18 heavy (non-hydrogen) atoms. The number of carbonyl (C=O) groups excluding carboxylic acids is 2. The van der Waals surface area contributed by atoms with Crippen LogP contribution < -0.4 is 5.73 Å². The highest BCUT2D eigenvalue weighted by molar-refractivity contribution is 6.30. The Morgan fingerprint density at radius 2 is 1.78 bits per heavy atom. The Labute approximate surface area is 110 Å². The molecule has 1 aromatic carbocycles. The van der Waals surface area contributed by atoms with Crippen molar-refractivity contribution in [3.63, 3.8) is 0 Å². The minimum atomic E-state index is -1.43. The summed E-state index contributed by atoms with van der Waals surface area (Å²) in [5.41, 5.74) is 3.71. The van der Waals surface area contributed by atoms with Crippen LogP contribution >= 0.6 is 11.6 Å². The zero-order chi connectivity index (χ0) is 13.4. The van der Waals surface area contributed by atoms with Crippen LogP contribution in [0.3, 0.4) is 0 Å². The van der Waals surface area contributed by atoms with Crippen LogP contribution in [0.2, 0.25) is 0 Å².